The van der Waals surface area contributed by atoms with Crippen molar-refractivity contribution in [2.24, 2.45) is 0 Å². The van der Waals surface area contributed by atoms with Crippen molar-refractivity contribution in [1.82, 2.24) is 29.5 Å². The van der Waals surface area contributed by atoms with Crippen LogP contribution in [0.15, 0.2) is 48.2 Å². The van der Waals surface area contributed by atoms with E-state index in [0.29, 0.717) is 13.2 Å². The molecule has 5 rings (SSSR count). The summed E-state index contributed by atoms with van der Waals surface area (Å²) in [6.07, 6.45) is 3.59. The molecule has 0 radical (unpaired) electrons. The fraction of sp³-hybridized carbons (Fsp3) is 0.158. The molecule has 0 saturated heterocycles. The van der Waals surface area contributed by atoms with Crippen molar-refractivity contribution < 1.29 is 4.74 Å². The van der Waals surface area contributed by atoms with Gasteiger partial charge in [-0.25, -0.2) is 19.9 Å². The number of aromatic nitrogens is 6. The van der Waals surface area contributed by atoms with Gasteiger partial charge in [-0.2, -0.15) is 0 Å². The molecule has 0 saturated carbocycles. The summed E-state index contributed by atoms with van der Waals surface area (Å²) in [5, 5.41) is 0. The van der Waals surface area contributed by atoms with Crippen molar-refractivity contribution in [3.63, 3.8) is 0 Å². The highest BCUT2D eigenvalue weighted by molar-refractivity contribution is 7.16. The normalized spacial score (nSPS) is 11.6. The zero-order chi connectivity index (χ0) is 18.2. The third kappa shape index (κ3) is 2.79. The van der Waals surface area contributed by atoms with Crippen LogP contribution in [-0.2, 0) is 11.3 Å². The van der Waals surface area contributed by atoms with E-state index < -0.39 is 0 Å². The number of thiazole rings is 1. The molecule has 0 spiro atoms. The predicted molar refractivity (Wildman–Crippen MR) is 106 cm³/mol. The Morgan fingerprint density at radius 1 is 1.15 bits per heavy atom. The van der Waals surface area contributed by atoms with E-state index in [4.69, 9.17) is 9.72 Å². The molecule has 27 heavy (non-hydrogen) atoms. The summed E-state index contributed by atoms with van der Waals surface area (Å²) >= 11 is 1.63. The number of H-pyrrole nitrogens is 1. The lowest BCUT2D eigenvalue weighted by Gasteiger charge is -2.06. The minimum atomic E-state index is 0.580. The molecule has 0 aliphatic carbocycles. The lowest BCUT2D eigenvalue weighted by molar-refractivity contribution is 0.188. The van der Waals surface area contributed by atoms with Gasteiger partial charge in [-0.3, -0.25) is 0 Å². The van der Waals surface area contributed by atoms with Crippen LogP contribution in [-0.4, -0.2) is 43.2 Å². The summed E-state index contributed by atoms with van der Waals surface area (Å²) in [6, 6.07) is 10.0. The molecule has 0 aliphatic rings. The molecule has 0 atom stereocenters. The molecule has 134 valence electrons. The van der Waals surface area contributed by atoms with Crippen LogP contribution in [0.1, 0.15) is 0 Å². The van der Waals surface area contributed by atoms with E-state index in [-0.39, 0.29) is 0 Å². The molecule has 0 aliphatic heterocycles. The molecule has 7 nitrogen and oxygen atoms in total. The zero-order valence-electron chi connectivity index (χ0n) is 14.6. The Hall–Kier alpha value is -3.10. The van der Waals surface area contributed by atoms with E-state index in [1.807, 2.05) is 29.9 Å². The second-order valence-corrected chi connectivity index (χ2v) is 6.99. The first-order valence-electron chi connectivity index (χ1n) is 8.52. The maximum atomic E-state index is 5.25. The zero-order valence-corrected chi connectivity index (χ0v) is 15.4. The number of fused-ring (bicyclic) bond motifs is 2. The molecule has 0 fully saturated rings. The van der Waals surface area contributed by atoms with Crippen LogP contribution < -0.4 is 0 Å². The Bertz CT molecular complexity index is 1240. The molecule has 1 N–H and O–H groups in total. The summed E-state index contributed by atoms with van der Waals surface area (Å²) < 4.78 is 8.47. The number of nitrogens with zero attached hydrogens (tertiary/aromatic N) is 5. The number of ether oxygens (including phenoxy) is 1. The second-order valence-electron chi connectivity index (χ2n) is 6.11. The predicted octanol–water partition coefficient (Wildman–Crippen LogP) is 3.74. The van der Waals surface area contributed by atoms with Gasteiger partial charge < -0.3 is 14.3 Å². The number of nitrogens with one attached hydrogen (secondary N) is 1. The van der Waals surface area contributed by atoms with Gasteiger partial charge in [-0.15, -0.1) is 11.3 Å². The number of methoxy groups -OCH3 is 1. The molecule has 0 bridgehead atoms. The highest BCUT2D eigenvalue weighted by atomic mass is 32.1. The maximum Gasteiger partial charge on any atom is 0.160 e. The summed E-state index contributed by atoms with van der Waals surface area (Å²) in [4.78, 5) is 21.6. The van der Waals surface area contributed by atoms with E-state index in [0.717, 1.165) is 44.3 Å². The van der Waals surface area contributed by atoms with Crippen LogP contribution in [0.25, 0.3) is 44.3 Å². The third-order valence-electron chi connectivity index (χ3n) is 4.44. The maximum absolute atomic E-state index is 5.25. The number of benzene rings is 1. The van der Waals surface area contributed by atoms with Crippen molar-refractivity contribution in [2.75, 3.05) is 13.7 Å². The topological polar surface area (TPSA) is 81.5 Å². The standard InChI is InChI=1S/C19H16N6OS/c1-26-8-7-25-18-13(3-2-6-20-18)24-19(25)15-10-21-17(23-15)12-4-5-16-14(9-12)22-11-27-16/h2-6,9-11H,7-8H2,1H3,(H,21,23). The molecule has 5 aromatic rings. The number of hydrogen-bond acceptors (Lipinski definition) is 6. The molecule has 0 amide bonds. The lowest BCUT2D eigenvalue weighted by atomic mass is 10.2. The second kappa shape index (κ2) is 6.57. The van der Waals surface area contributed by atoms with E-state index in [1.54, 1.807) is 24.6 Å². The van der Waals surface area contributed by atoms with Crippen molar-refractivity contribution in [2.45, 2.75) is 6.54 Å². The Kier molecular flexibility index (Phi) is 3.92. The number of imidazole rings is 2. The molecule has 1 aromatic carbocycles. The SMILES string of the molecule is COCCn1c(-c2cnc(-c3ccc4scnc4c3)[nH]2)nc2cccnc21. The van der Waals surface area contributed by atoms with E-state index in [1.165, 1.54) is 0 Å². The van der Waals surface area contributed by atoms with Gasteiger partial charge in [0.2, 0.25) is 0 Å². The highest BCUT2D eigenvalue weighted by Crippen LogP contribution is 2.27. The van der Waals surface area contributed by atoms with Crippen LogP contribution in [0.5, 0.6) is 0 Å². The average Bonchev–Trinajstić information content (AvgIpc) is 3.43. The Labute approximate surface area is 158 Å². The van der Waals surface area contributed by atoms with Gasteiger partial charge in [-0.05, 0) is 30.3 Å². The van der Waals surface area contributed by atoms with Crippen molar-refractivity contribution in [1.29, 1.82) is 0 Å². The Morgan fingerprint density at radius 3 is 3.04 bits per heavy atom. The van der Waals surface area contributed by atoms with Crippen LogP contribution in [0, 0.1) is 0 Å². The van der Waals surface area contributed by atoms with Crippen LogP contribution >= 0.6 is 11.3 Å². The van der Waals surface area contributed by atoms with Crippen LogP contribution in [0.3, 0.4) is 0 Å². The van der Waals surface area contributed by atoms with Gasteiger partial charge in [0.05, 0.1) is 28.5 Å². The van der Waals surface area contributed by atoms with Gasteiger partial charge in [0.25, 0.3) is 0 Å². The van der Waals surface area contributed by atoms with Crippen molar-refractivity contribution >= 4 is 32.7 Å². The minimum Gasteiger partial charge on any atom is -0.383 e. The molecular weight excluding hydrogens is 360 g/mol. The lowest BCUT2D eigenvalue weighted by Crippen LogP contribution is -2.06. The van der Waals surface area contributed by atoms with Gasteiger partial charge in [0, 0.05) is 25.4 Å². The average molecular weight is 376 g/mol. The molecule has 0 unspecified atom stereocenters. The number of hydrogen-bond donors (Lipinski definition) is 1. The van der Waals surface area contributed by atoms with Crippen LogP contribution in [0.4, 0.5) is 0 Å². The van der Waals surface area contributed by atoms with Crippen molar-refractivity contribution in [3.05, 3.63) is 48.2 Å². The quantitative estimate of drug-likeness (QED) is 0.505. The smallest absolute Gasteiger partial charge is 0.160 e. The molecule has 4 aromatic heterocycles. The van der Waals surface area contributed by atoms with Gasteiger partial charge in [0.15, 0.2) is 11.5 Å². The molecule has 8 heteroatoms. The fourth-order valence-electron chi connectivity index (χ4n) is 3.15. The fourth-order valence-corrected chi connectivity index (χ4v) is 3.80. The van der Waals surface area contributed by atoms with E-state index >= 15 is 0 Å². The van der Waals surface area contributed by atoms with E-state index in [9.17, 15) is 0 Å². The van der Waals surface area contributed by atoms with Gasteiger partial charge >= 0.3 is 0 Å². The largest absolute Gasteiger partial charge is 0.383 e. The Balaban J connectivity index is 1.59. The first kappa shape index (κ1) is 16.1. The minimum absolute atomic E-state index is 0.580. The van der Waals surface area contributed by atoms with E-state index in [2.05, 4.69) is 36.6 Å². The number of rotatable bonds is 5. The molecular formula is C19H16N6OS. The first-order chi connectivity index (χ1) is 13.3. The van der Waals surface area contributed by atoms with Gasteiger partial charge in [-0.1, -0.05) is 0 Å². The summed E-state index contributed by atoms with van der Waals surface area (Å²) in [7, 11) is 1.69. The number of pyridine rings is 1. The summed E-state index contributed by atoms with van der Waals surface area (Å²) in [5.74, 6) is 1.59. The summed E-state index contributed by atoms with van der Waals surface area (Å²) in [5.41, 5.74) is 6.36. The summed E-state index contributed by atoms with van der Waals surface area (Å²) in [6.45, 7) is 1.25. The monoisotopic (exact) mass is 376 g/mol. The highest BCUT2D eigenvalue weighted by Gasteiger charge is 2.16. The third-order valence-corrected chi connectivity index (χ3v) is 5.25. The molecule has 4 heterocycles. The van der Waals surface area contributed by atoms with Gasteiger partial charge in [0.1, 0.15) is 17.0 Å². The first-order valence-corrected chi connectivity index (χ1v) is 9.40. The Morgan fingerprint density at radius 2 is 2.11 bits per heavy atom. The number of aromatic amines is 1. The van der Waals surface area contributed by atoms with Crippen LogP contribution in [0.2, 0.25) is 0 Å². The van der Waals surface area contributed by atoms with Crippen molar-refractivity contribution in [3.8, 4) is 22.9 Å².